The van der Waals surface area contributed by atoms with E-state index in [4.69, 9.17) is 5.73 Å². The monoisotopic (exact) mass is 379 g/mol. The summed E-state index contributed by atoms with van der Waals surface area (Å²) < 4.78 is 1.08. The van der Waals surface area contributed by atoms with Gasteiger partial charge in [-0.2, -0.15) is 0 Å². The van der Waals surface area contributed by atoms with Gasteiger partial charge in [0.25, 0.3) is 5.91 Å². The molecule has 0 spiro atoms. The Labute approximate surface area is 142 Å². The van der Waals surface area contributed by atoms with E-state index in [0.29, 0.717) is 18.8 Å². The minimum Gasteiger partial charge on any atom is -0.350 e. The van der Waals surface area contributed by atoms with E-state index in [1.54, 1.807) is 5.38 Å². The Balaban J connectivity index is 1.68. The zero-order valence-corrected chi connectivity index (χ0v) is 14.5. The molecule has 3 rings (SSSR count). The molecule has 2 aromatic rings. The number of benzene rings is 1. The van der Waals surface area contributed by atoms with Crippen LogP contribution in [-0.2, 0) is 12.0 Å². The molecular weight excluding hydrogens is 362 g/mol. The first-order chi connectivity index (χ1) is 10.6. The van der Waals surface area contributed by atoms with Crippen LogP contribution in [0.25, 0.3) is 0 Å². The second kappa shape index (κ2) is 6.48. The molecule has 1 saturated carbocycles. The van der Waals surface area contributed by atoms with Gasteiger partial charge in [-0.05, 0) is 30.5 Å². The SMILES string of the molecule is NCc1nc(C(=O)NCC2(c3ccc(Br)cc3)CCC2)cs1. The van der Waals surface area contributed by atoms with Gasteiger partial charge in [0, 0.05) is 28.4 Å². The van der Waals surface area contributed by atoms with Crippen LogP contribution in [0.15, 0.2) is 34.1 Å². The van der Waals surface area contributed by atoms with Gasteiger partial charge in [-0.25, -0.2) is 4.98 Å². The molecule has 1 aromatic heterocycles. The summed E-state index contributed by atoms with van der Waals surface area (Å²) in [5.74, 6) is -0.112. The number of hydrogen-bond acceptors (Lipinski definition) is 4. The minimum atomic E-state index is -0.112. The number of rotatable bonds is 5. The second-order valence-corrected chi connectivity index (χ2v) is 7.51. The van der Waals surface area contributed by atoms with Crippen LogP contribution in [-0.4, -0.2) is 17.4 Å². The number of thiazole rings is 1. The Morgan fingerprint density at radius 3 is 2.64 bits per heavy atom. The number of halogens is 1. The number of nitrogens with one attached hydrogen (secondary N) is 1. The van der Waals surface area contributed by atoms with Crippen LogP contribution in [0, 0.1) is 0 Å². The third-order valence-corrected chi connectivity index (χ3v) is 5.71. The fraction of sp³-hybridized carbons (Fsp3) is 0.375. The predicted octanol–water partition coefficient (Wildman–Crippen LogP) is 3.22. The van der Waals surface area contributed by atoms with E-state index in [0.717, 1.165) is 22.3 Å². The quantitative estimate of drug-likeness (QED) is 0.837. The van der Waals surface area contributed by atoms with Crippen molar-refractivity contribution in [1.29, 1.82) is 0 Å². The first-order valence-electron chi connectivity index (χ1n) is 7.32. The molecule has 0 unspecified atom stereocenters. The average molecular weight is 380 g/mol. The van der Waals surface area contributed by atoms with Gasteiger partial charge in [-0.3, -0.25) is 4.79 Å². The van der Waals surface area contributed by atoms with Crippen LogP contribution in [0.2, 0.25) is 0 Å². The maximum Gasteiger partial charge on any atom is 0.270 e. The van der Waals surface area contributed by atoms with Gasteiger partial charge in [-0.1, -0.05) is 34.5 Å². The topological polar surface area (TPSA) is 68.0 Å². The maximum absolute atomic E-state index is 12.2. The number of aromatic nitrogens is 1. The van der Waals surface area contributed by atoms with E-state index in [1.807, 2.05) is 0 Å². The minimum absolute atomic E-state index is 0.0725. The summed E-state index contributed by atoms with van der Waals surface area (Å²) in [6.45, 7) is 1.03. The predicted molar refractivity (Wildman–Crippen MR) is 92.0 cm³/mol. The Kier molecular flexibility index (Phi) is 4.61. The van der Waals surface area contributed by atoms with E-state index in [2.05, 4.69) is 50.5 Å². The molecule has 1 heterocycles. The van der Waals surface area contributed by atoms with Crippen LogP contribution in [0.3, 0.4) is 0 Å². The number of amides is 1. The third kappa shape index (κ3) is 3.09. The number of hydrogen-bond donors (Lipinski definition) is 2. The second-order valence-electron chi connectivity index (χ2n) is 5.65. The zero-order valence-electron chi connectivity index (χ0n) is 12.1. The molecule has 4 nitrogen and oxygen atoms in total. The maximum atomic E-state index is 12.2. The molecular formula is C16H18BrN3OS. The van der Waals surface area contributed by atoms with E-state index < -0.39 is 0 Å². The average Bonchev–Trinajstić information content (AvgIpc) is 2.96. The van der Waals surface area contributed by atoms with Crippen LogP contribution < -0.4 is 11.1 Å². The van der Waals surface area contributed by atoms with Gasteiger partial charge in [-0.15, -0.1) is 11.3 Å². The van der Waals surface area contributed by atoms with Gasteiger partial charge in [0.2, 0.25) is 0 Å². The summed E-state index contributed by atoms with van der Waals surface area (Å²) in [5, 5.41) is 5.60. The lowest BCUT2D eigenvalue weighted by Gasteiger charge is -2.42. The van der Waals surface area contributed by atoms with Crippen LogP contribution in [0.1, 0.15) is 40.3 Å². The molecule has 0 bridgehead atoms. The van der Waals surface area contributed by atoms with Crippen LogP contribution >= 0.6 is 27.3 Å². The largest absolute Gasteiger partial charge is 0.350 e. The fourth-order valence-corrected chi connectivity index (χ4v) is 3.74. The lowest BCUT2D eigenvalue weighted by atomic mass is 9.64. The Hall–Kier alpha value is -1.24. The van der Waals surface area contributed by atoms with Gasteiger partial charge >= 0.3 is 0 Å². The van der Waals surface area contributed by atoms with E-state index in [9.17, 15) is 4.79 Å². The molecule has 3 N–H and O–H groups in total. The van der Waals surface area contributed by atoms with Crippen LogP contribution in [0.4, 0.5) is 0 Å². The van der Waals surface area contributed by atoms with Crippen molar-refractivity contribution < 1.29 is 4.79 Å². The summed E-state index contributed by atoms with van der Waals surface area (Å²) in [6.07, 6.45) is 3.43. The zero-order chi connectivity index (χ0) is 15.6. The molecule has 0 radical (unpaired) electrons. The number of carbonyl (C=O) groups excluding carboxylic acids is 1. The molecule has 22 heavy (non-hydrogen) atoms. The molecule has 1 aliphatic rings. The molecule has 0 atom stereocenters. The first kappa shape index (κ1) is 15.6. The summed E-state index contributed by atoms with van der Waals surface area (Å²) >= 11 is 4.89. The Bertz CT molecular complexity index is 664. The van der Waals surface area contributed by atoms with Gasteiger partial charge in [0.05, 0.1) is 0 Å². The van der Waals surface area contributed by atoms with Crippen molar-refractivity contribution in [2.24, 2.45) is 5.73 Å². The van der Waals surface area contributed by atoms with Crippen molar-refractivity contribution in [2.45, 2.75) is 31.2 Å². The van der Waals surface area contributed by atoms with Gasteiger partial charge < -0.3 is 11.1 Å². The number of nitrogens with zero attached hydrogens (tertiary/aromatic N) is 1. The molecule has 0 saturated heterocycles. The summed E-state index contributed by atoms with van der Waals surface area (Å²) in [4.78, 5) is 16.5. The van der Waals surface area contributed by atoms with Crippen LogP contribution in [0.5, 0.6) is 0 Å². The van der Waals surface area contributed by atoms with E-state index in [1.165, 1.54) is 23.3 Å². The highest BCUT2D eigenvalue weighted by Gasteiger charge is 2.38. The summed E-state index contributed by atoms with van der Waals surface area (Å²) in [6, 6.07) is 8.41. The highest BCUT2D eigenvalue weighted by molar-refractivity contribution is 9.10. The van der Waals surface area contributed by atoms with E-state index in [-0.39, 0.29) is 11.3 Å². The highest BCUT2D eigenvalue weighted by atomic mass is 79.9. The van der Waals surface area contributed by atoms with Crippen molar-refractivity contribution in [3.05, 3.63) is 50.4 Å². The first-order valence-corrected chi connectivity index (χ1v) is 8.99. The smallest absolute Gasteiger partial charge is 0.270 e. The normalized spacial score (nSPS) is 16.1. The van der Waals surface area contributed by atoms with E-state index >= 15 is 0 Å². The number of carbonyl (C=O) groups is 1. The molecule has 0 aliphatic heterocycles. The van der Waals surface area contributed by atoms with Crippen molar-refractivity contribution in [2.75, 3.05) is 6.54 Å². The third-order valence-electron chi connectivity index (χ3n) is 4.31. The summed E-state index contributed by atoms with van der Waals surface area (Å²) in [7, 11) is 0. The molecule has 1 fully saturated rings. The van der Waals surface area contributed by atoms with Crippen molar-refractivity contribution in [3.8, 4) is 0 Å². The van der Waals surface area contributed by atoms with Crippen molar-refractivity contribution in [3.63, 3.8) is 0 Å². The molecule has 1 amide bonds. The van der Waals surface area contributed by atoms with Crippen molar-refractivity contribution in [1.82, 2.24) is 10.3 Å². The highest BCUT2D eigenvalue weighted by Crippen LogP contribution is 2.43. The summed E-state index contributed by atoms with van der Waals surface area (Å²) in [5.41, 5.74) is 7.37. The molecule has 1 aromatic carbocycles. The lowest BCUT2D eigenvalue weighted by molar-refractivity contribution is 0.0923. The fourth-order valence-electron chi connectivity index (χ4n) is 2.82. The number of nitrogens with two attached hydrogens (primary N) is 1. The lowest BCUT2D eigenvalue weighted by Crippen LogP contribution is -2.45. The Morgan fingerprint density at radius 1 is 1.36 bits per heavy atom. The molecule has 6 heteroatoms. The van der Waals surface area contributed by atoms with Gasteiger partial charge in [0.1, 0.15) is 10.7 Å². The standard InChI is InChI=1S/C16H18BrN3OS/c17-12-4-2-11(3-5-12)16(6-1-7-16)10-19-15(21)13-9-22-14(8-18)20-13/h2-5,9H,1,6-8,10,18H2,(H,19,21). The van der Waals surface area contributed by atoms with Crippen molar-refractivity contribution >= 4 is 33.2 Å². The molecule has 116 valence electrons. The Morgan fingerprint density at radius 2 is 2.09 bits per heavy atom. The van der Waals surface area contributed by atoms with Gasteiger partial charge in [0.15, 0.2) is 0 Å². The molecule has 1 aliphatic carbocycles.